The van der Waals surface area contributed by atoms with Crippen molar-refractivity contribution >= 4 is 11.0 Å². The highest BCUT2D eigenvalue weighted by atomic mass is 19.1. The van der Waals surface area contributed by atoms with E-state index in [1.165, 1.54) is 17.7 Å². The first kappa shape index (κ1) is 18.8. The molecule has 1 aliphatic heterocycles. The summed E-state index contributed by atoms with van der Waals surface area (Å²) in [7, 11) is 0. The number of rotatable bonds is 4. The molecule has 0 bridgehead atoms. The lowest BCUT2D eigenvalue weighted by atomic mass is 9.92. The van der Waals surface area contributed by atoms with Gasteiger partial charge in [0.1, 0.15) is 5.82 Å². The van der Waals surface area contributed by atoms with Crippen molar-refractivity contribution in [1.82, 2.24) is 14.5 Å². The summed E-state index contributed by atoms with van der Waals surface area (Å²) in [6.07, 6.45) is 1.81. The molecule has 0 spiro atoms. The van der Waals surface area contributed by atoms with Gasteiger partial charge in [0.15, 0.2) is 0 Å². The Balaban J connectivity index is 1.49. The fourth-order valence-corrected chi connectivity index (χ4v) is 4.72. The molecule has 30 heavy (non-hydrogen) atoms. The van der Waals surface area contributed by atoms with Gasteiger partial charge in [-0.3, -0.25) is 9.47 Å². The molecule has 2 heterocycles. The molecular weight excluding hydrogens is 377 g/mol. The van der Waals surface area contributed by atoms with Crippen molar-refractivity contribution in [2.75, 3.05) is 6.54 Å². The second-order valence-electron chi connectivity index (χ2n) is 8.03. The molecule has 4 nitrogen and oxygen atoms in total. The van der Waals surface area contributed by atoms with Crippen LogP contribution in [0.15, 0.2) is 83.7 Å². The van der Waals surface area contributed by atoms with E-state index < -0.39 is 0 Å². The molecule has 0 amide bonds. The number of aromatic nitrogens is 2. The predicted molar refractivity (Wildman–Crippen MR) is 117 cm³/mol. The summed E-state index contributed by atoms with van der Waals surface area (Å²) in [4.78, 5) is 18.1. The van der Waals surface area contributed by atoms with Crippen molar-refractivity contribution < 1.29 is 4.39 Å². The zero-order valence-electron chi connectivity index (χ0n) is 16.7. The Labute approximate surface area is 174 Å². The molecule has 0 saturated carbocycles. The number of hydrogen-bond donors (Lipinski definition) is 1. The van der Waals surface area contributed by atoms with Crippen LogP contribution in [0.25, 0.3) is 11.0 Å². The van der Waals surface area contributed by atoms with Crippen LogP contribution in [0.4, 0.5) is 4.39 Å². The maximum absolute atomic E-state index is 13.5. The number of piperidine rings is 1. The minimum atomic E-state index is -0.215. The Kier molecular flexibility index (Phi) is 4.97. The van der Waals surface area contributed by atoms with Crippen LogP contribution in [-0.2, 0) is 6.54 Å². The van der Waals surface area contributed by atoms with E-state index in [2.05, 4.69) is 22.0 Å². The van der Waals surface area contributed by atoms with Crippen LogP contribution < -0.4 is 5.69 Å². The molecule has 1 fully saturated rings. The van der Waals surface area contributed by atoms with Crippen LogP contribution in [0.1, 0.15) is 36.1 Å². The normalized spacial score (nSPS) is 19.9. The van der Waals surface area contributed by atoms with Crippen molar-refractivity contribution in [3.63, 3.8) is 0 Å². The van der Waals surface area contributed by atoms with Gasteiger partial charge in [-0.25, -0.2) is 9.18 Å². The largest absolute Gasteiger partial charge is 0.326 e. The van der Waals surface area contributed by atoms with Gasteiger partial charge in [-0.15, -0.1) is 0 Å². The van der Waals surface area contributed by atoms with Crippen LogP contribution in [0.3, 0.4) is 0 Å². The molecule has 1 N–H and O–H groups in total. The van der Waals surface area contributed by atoms with E-state index in [-0.39, 0.29) is 23.6 Å². The molecule has 5 heteroatoms. The third-order valence-corrected chi connectivity index (χ3v) is 6.13. The number of aromatic amines is 1. The summed E-state index contributed by atoms with van der Waals surface area (Å²) < 4.78 is 15.4. The SMILES string of the molecule is O=c1[nH]c2ccccc2n1[C@@H]1CC[C@@H](c2ccc(F)cc2)N(Cc2ccccc2)C1. The molecular formula is C25H24FN3O. The van der Waals surface area contributed by atoms with Gasteiger partial charge in [-0.2, -0.15) is 0 Å². The number of H-pyrrole nitrogens is 1. The number of benzene rings is 3. The summed E-state index contributed by atoms with van der Waals surface area (Å²) in [6.45, 7) is 1.55. The monoisotopic (exact) mass is 401 g/mol. The number of para-hydroxylation sites is 2. The maximum atomic E-state index is 13.5. The molecule has 0 aliphatic carbocycles. The van der Waals surface area contributed by atoms with Gasteiger partial charge in [0.05, 0.1) is 17.1 Å². The first-order valence-corrected chi connectivity index (χ1v) is 10.4. The highest BCUT2D eigenvalue weighted by Gasteiger charge is 2.31. The fraction of sp³-hybridized carbons (Fsp3) is 0.240. The molecule has 1 aliphatic rings. The summed E-state index contributed by atoms with van der Waals surface area (Å²) >= 11 is 0. The molecule has 152 valence electrons. The van der Waals surface area contributed by atoms with Crippen molar-refractivity contribution in [3.8, 4) is 0 Å². The van der Waals surface area contributed by atoms with E-state index in [4.69, 9.17) is 0 Å². The highest BCUT2D eigenvalue weighted by Crippen LogP contribution is 2.37. The van der Waals surface area contributed by atoms with Crippen LogP contribution in [0.5, 0.6) is 0 Å². The molecule has 2 atom stereocenters. The number of imidazole rings is 1. The average molecular weight is 401 g/mol. The topological polar surface area (TPSA) is 41.0 Å². The van der Waals surface area contributed by atoms with Gasteiger partial charge < -0.3 is 4.98 Å². The summed E-state index contributed by atoms with van der Waals surface area (Å²) in [6, 6.07) is 25.4. The third-order valence-electron chi connectivity index (χ3n) is 6.13. The zero-order chi connectivity index (χ0) is 20.5. The number of likely N-dealkylation sites (tertiary alicyclic amines) is 1. The second kappa shape index (κ2) is 7.92. The number of fused-ring (bicyclic) bond motifs is 1. The van der Waals surface area contributed by atoms with E-state index >= 15 is 0 Å². The Hall–Kier alpha value is -3.18. The number of halogens is 1. The summed E-state index contributed by atoms with van der Waals surface area (Å²) in [5.74, 6) is -0.215. The average Bonchev–Trinajstić information content (AvgIpc) is 3.11. The first-order chi connectivity index (χ1) is 14.7. The number of hydrogen-bond acceptors (Lipinski definition) is 2. The van der Waals surface area contributed by atoms with E-state index in [1.54, 1.807) is 0 Å². The molecule has 1 aromatic heterocycles. The Morgan fingerprint density at radius 2 is 1.63 bits per heavy atom. The quantitative estimate of drug-likeness (QED) is 0.520. The van der Waals surface area contributed by atoms with E-state index in [1.807, 2.05) is 59.2 Å². The van der Waals surface area contributed by atoms with Crippen molar-refractivity contribution in [1.29, 1.82) is 0 Å². The molecule has 0 unspecified atom stereocenters. The van der Waals surface area contributed by atoms with Gasteiger partial charge in [-0.05, 0) is 48.2 Å². The fourth-order valence-electron chi connectivity index (χ4n) is 4.72. The minimum Gasteiger partial charge on any atom is -0.306 e. The van der Waals surface area contributed by atoms with E-state index in [0.717, 1.165) is 42.5 Å². The zero-order valence-corrected chi connectivity index (χ0v) is 16.7. The van der Waals surface area contributed by atoms with Gasteiger partial charge in [-0.1, -0.05) is 54.6 Å². The van der Waals surface area contributed by atoms with Crippen molar-refractivity contribution in [2.45, 2.75) is 31.5 Å². The van der Waals surface area contributed by atoms with Crippen LogP contribution in [0, 0.1) is 5.82 Å². The first-order valence-electron chi connectivity index (χ1n) is 10.4. The van der Waals surface area contributed by atoms with Gasteiger partial charge >= 0.3 is 5.69 Å². The molecule has 1 saturated heterocycles. The molecule has 0 radical (unpaired) electrons. The standard InChI is InChI=1S/C25H24FN3O/c26-20-12-10-19(11-13-20)23-15-14-21(17-28(23)16-18-6-2-1-3-7-18)29-24-9-5-4-8-22(24)27-25(29)30/h1-13,21,23H,14-17H2,(H,27,30)/t21-,23+/m1/s1. The van der Waals surface area contributed by atoms with E-state index in [0.29, 0.717) is 0 Å². The van der Waals surface area contributed by atoms with Crippen LogP contribution in [0.2, 0.25) is 0 Å². The second-order valence-corrected chi connectivity index (χ2v) is 8.03. The minimum absolute atomic E-state index is 0.0545. The lowest BCUT2D eigenvalue weighted by Gasteiger charge is -2.40. The van der Waals surface area contributed by atoms with Gasteiger partial charge in [0.25, 0.3) is 0 Å². The number of nitrogens with one attached hydrogen (secondary N) is 1. The molecule has 3 aromatic carbocycles. The predicted octanol–water partition coefficient (Wildman–Crippen LogP) is 5.05. The Bertz CT molecular complexity index is 1200. The molecule has 4 aromatic rings. The van der Waals surface area contributed by atoms with Crippen molar-refractivity contribution in [2.24, 2.45) is 0 Å². The maximum Gasteiger partial charge on any atom is 0.326 e. The van der Waals surface area contributed by atoms with E-state index in [9.17, 15) is 9.18 Å². The Morgan fingerprint density at radius 3 is 2.43 bits per heavy atom. The van der Waals surface area contributed by atoms with Gasteiger partial charge in [0, 0.05) is 19.1 Å². The number of nitrogens with zero attached hydrogens (tertiary/aromatic N) is 2. The lowest BCUT2D eigenvalue weighted by Crippen LogP contribution is -2.40. The van der Waals surface area contributed by atoms with Gasteiger partial charge in [0.2, 0.25) is 0 Å². The lowest BCUT2D eigenvalue weighted by molar-refractivity contribution is 0.103. The highest BCUT2D eigenvalue weighted by molar-refractivity contribution is 5.75. The molecule has 5 rings (SSSR count). The van der Waals surface area contributed by atoms with Crippen LogP contribution >= 0.6 is 0 Å². The summed E-state index contributed by atoms with van der Waals surface area (Å²) in [5.41, 5.74) is 4.12. The third kappa shape index (κ3) is 3.57. The van der Waals surface area contributed by atoms with Crippen molar-refractivity contribution in [3.05, 3.63) is 106 Å². The summed E-state index contributed by atoms with van der Waals surface area (Å²) in [5, 5.41) is 0. The van der Waals surface area contributed by atoms with Crippen LogP contribution in [-0.4, -0.2) is 21.0 Å². The Morgan fingerprint density at radius 1 is 0.900 bits per heavy atom. The smallest absolute Gasteiger partial charge is 0.306 e.